The second-order valence-corrected chi connectivity index (χ2v) is 4.12. The summed E-state index contributed by atoms with van der Waals surface area (Å²) < 4.78 is 0. The highest BCUT2D eigenvalue weighted by molar-refractivity contribution is 5.39. The summed E-state index contributed by atoms with van der Waals surface area (Å²) >= 11 is 0. The molecule has 2 unspecified atom stereocenters. The fourth-order valence-corrected chi connectivity index (χ4v) is 2.03. The van der Waals surface area contributed by atoms with Crippen molar-refractivity contribution in [2.45, 2.75) is 20.8 Å². The van der Waals surface area contributed by atoms with E-state index in [1.54, 1.807) is 0 Å². The molecule has 0 aromatic carbocycles. The van der Waals surface area contributed by atoms with Crippen LogP contribution in [0.2, 0.25) is 0 Å². The van der Waals surface area contributed by atoms with Crippen LogP contribution in [0.15, 0.2) is 47.1 Å². The highest BCUT2D eigenvalue weighted by Crippen LogP contribution is 2.32. The summed E-state index contributed by atoms with van der Waals surface area (Å²) in [6.45, 7) is 6.56. The summed E-state index contributed by atoms with van der Waals surface area (Å²) in [7, 11) is 0. The third kappa shape index (κ3) is 1.53. The monoisotopic (exact) mass is 172 g/mol. The number of allylic oxidation sites excluding steroid dienone is 8. The summed E-state index contributed by atoms with van der Waals surface area (Å²) in [4.78, 5) is 0. The molecule has 0 saturated heterocycles. The molecule has 0 radical (unpaired) electrons. The van der Waals surface area contributed by atoms with Crippen molar-refractivity contribution < 1.29 is 0 Å². The molecule has 0 fully saturated rings. The largest absolute Gasteiger partial charge is 0.0764 e. The minimum absolute atomic E-state index is 0.604. The molecule has 0 aromatic heterocycles. The van der Waals surface area contributed by atoms with Gasteiger partial charge in [0, 0.05) is 11.8 Å². The average molecular weight is 172 g/mol. The van der Waals surface area contributed by atoms with E-state index in [-0.39, 0.29) is 0 Å². The van der Waals surface area contributed by atoms with Gasteiger partial charge in [0.15, 0.2) is 0 Å². The lowest BCUT2D eigenvalue weighted by molar-refractivity contribution is 0.642. The predicted octanol–water partition coefficient (Wildman–Crippen LogP) is 3.64. The lowest BCUT2D eigenvalue weighted by Crippen LogP contribution is -2.14. The van der Waals surface area contributed by atoms with E-state index < -0.39 is 0 Å². The van der Waals surface area contributed by atoms with Gasteiger partial charge in [-0.25, -0.2) is 0 Å². The van der Waals surface area contributed by atoms with Crippen molar-refractivity contribution >= 4 is 0 Å². The van der Waals surface area contributed by atoms with Crippen molar-refractivity contribution in [2.24, 2.45) is 11.8 Å². The van der Waals surface area contributed by atoms with Gasteiger partial charge in [-0.1, -0.05) is 47.1 Å². The van der Waals surface area contributed by atoms with Crippen LogP contribution in [-0.4, -0.2) is 0 Å². The van der Waals surface area contributed by atoms with Crippen LogP contribution in [0.4, 0.5) is 0 Å². The number of fused-ring (bicyclic) bond motifs is 1. The first-order valence-electron chi connectivity index (χ1n) is 4.90. The first kappa shape index (κ1) is 8.55. The van der Waals surface area contributed by atoms with Gasteiger partial charge in [0.05, 0.1) is 0 Å². The maximum absolute atomic E-state index is 2.38. The minimum atomic E-state index is 0.604. The zero-order chi connectivity index (χ0) is 9.42. The SMILES string of the molecule is CC1=CC2C=C(C)C(C)=CC2C=C1. The molecule has 0 amide bonds. The standard InChI is InChI=1S/C13H16/c1-9-4-5-12-7-10(2)11(3)8-13(12)6-9/h4-8,12-13H,1-3H3. The van der Waals surface area contributed by atoms with Crippen LogP contribution in [0.3, 0.4) is 0 Å². The topological polar surface area (TPSA) is 0 Å². The number of rotatable bonds is 0. The Kier molecular flexibility index (Phi) is 1.99. The Balaban J connectivity index is 2.34. The van der Waals surface area contributed by atoms with Gasteiger partial charge in [-0.05, 0) is 20.8 Å². The summed E-state index contributed by atoms with van der Waals surface area (Å²) in [6.07, 6.45) is 11.6. The van der Waals surface area contributed by atoms with Crippen LogP contribution >= 0.6 is 0 Å². The second-order valence-electron chi connectivity index (χ2n) is 4.12. The highest BCUT2D eigenvalue weighted by atomic mass is 14.2. The molecule has 0 bridgehead atoms. The lowest BCUT2D eigenvalue weighted by Gasteiger charge is -2.25. The van der Waals surface area contributed by atoms with Crippen LogP contribution < -0.4 is 0 Å². The Morgan fingerprint density at radius 3 is 2.15 bits per heavy atom. The third-order valence-corrected chi connectivity index (χ3v) is 2.99. The van der Waals surface area contributed by atoms with E-state index in [1.165, 1.54) is 16.7 Å². The van der Waals surface area contributed by atoms with Crippen LogP contribution in [0.1, 0.15) is 20.8 Å². The van der Waals surface area contributed by atoms with Gasteiger partial charge < -0.3 is 0 Å². The normalized spacial score (nSPS) is 31.8. The summed E-state index contributed by atoms with van der Waals surface area (Å²) in [6, 6.07) is 0. The zero-order valence-electron chi connectivity index (χ0n) is 8.54. The number of hydrogen-bond acceptors (Lipinski definition) is 0. The molecule has 0 aromatic rings. The summed E-state index contributed by atoms with van der Waals surface area (Å²) in [5, 5.41) is 0. The zero-order valence-corrected chi connectivity index (χ0v) is 8.54. The molecule has 13 heavy (non-hydrogen) atoms. The van der Waals surface area contributed by atoms with Crippen LogP contribution in [0.5, 0.6) is 0 Å². The molecule has 2 aliphatic rings. The van der Waals surface area contributed by atoms with Gasteiger partial charge >= 0.3 is 0 Å². The lowest BCUT2D eigenvalue weighted by atomic mass is 9.79. The Bertz CT molecular complexity index is 337. The smallest absolute Gasteiger partial charge is 0.00560 e. The van der Waals surface area contributed by atoms with Gasteiger partial charge in [0.1, 0.15) is 0 Å². The fourth-order valence-electron chi connectivity index (χ4n) is 2.03. The van der Waals surface area contributed by atoms with Gasteiger partial charge in [0.2, 0.25) is 0 Å². The van der Waals surface area contributed by atoms with E-state index >= 15 is 0 Å². The van der Waals surface area contributed by atoms with E-state index in [4.69, 9.17) is 0 Å². The van der Waals surface area contributed by atoms with E-state index in [9.17, 15) is 0 Å². The molecule has 0 N–H and O–H groups in total. The van der Waals surface area contributed by atoms with Crippen molar-refractivity contribution in [2.75, 3.05) is 0 Å². The Morgan fingerprint density at radius 2 is 1.46 bits per heavy atom. The van der Waals surface area contributed by atoms with Crippen molar-refractivity contribution in [3.05, 3.63) is 47.1 Å². The molecule has 2 aliphatic carbocycles. The quantitative estimate of drug-likeness (QED) is 0.523. The first-order chi connectivity index (χ1) is 6.16. The molecule has 0 nitrogen and oxygen atoms in total. The molecular weight excluding hydrogens is 156 g/mol. The van der Waals surface area contributed by atoms with E-state index in [1.807, 2.05) is 0 Å². The molecule has 0 aliphatic heterocycles. The maximum atomic E-state index is 2.38. The third-order valence-electron chi connectivity index (χ3n) is 2.99. The van der Waals surface area contributed by atoms with Crippen molar-refractivity contribution in [1.29, 1.82) is 0 Å². The Hall–Kier alpha value is -1.04. The molecule has 2 atom stereocenters. The molecule has 0 spiro atoms. The molecule has 0 heteroatoms. The second kappa shape index (κ2) is 3.02. The maximum Gasteiger partial charge on any atom is 0.00560 e. The van der Waals surface area contributed by atoms with Crippen LogP contribution in [0.25, 0.3) is 0 Å². The Labute approximate surface area is 80.3 Å². The van der Waals surface area contributed by atoms with E-state index in [2.05, 4.69) is 51.2 Å². The minimum Gasteiger partial charge on any atom is -0.0764 e. The van der Waals surface area contributed by atoms with Crippen molar-refractivity contribution in [3.8, 4) is 0 Å². The Morgan fingerprint density at radius 1 is 0.846 bits per heavy atom. The average Bonchev–Trinajstić information content (AvgIpc) is 2.08. The van der Waals surface area contributed by atoms with Crippen LogP contribution in [0, 0.1) is 11.8 Å². The van der Waals surface area contributed by atoms with Crippen LogP contribution in [-0.2, 0) is 0 Å². The van der Waals surface area contributed by atoms with Crippen molar-refractivity contribution in [1.82, 2.24) is 0 Å². The first-order valence-corrected chi connectivity index (χ1v) is 4.90. The van der Waals surface area contributed by atoms with E-state index in [0.717, 1.165) is 0 Å². The molecule has 0 saturated carbocycles. The fraction of sp³-hybridized carbons (Fsp3) is 0.385. The van der Waals surface area contributed by atoms with Gasteiger partial charge in [-0.3, -0.25) is 0 Å². The van der Waals surface area contributed by atoms with Gasteiger partial charge in [-0.2, -0.15) is 0 Å². The molecule has 0 heterocycles. The summed E-state index contributed by atoms with van der Waals surface area (Å²) in [5.74, 6) is 1.21. The van der Waals surface area contributed by atoms with Crippen molar-refractivity contribution in [3.63, 3.8) is 0 Å². The number of hydrogen-bond donors (Lipinski definition) is 0. The highest BCUT2D eigenvalue weighted by Gasteiger charge is 2.19. The summed E-state index contributed by atoms with van der Waals surface area (Å²) in [5.41, 5.74) is 4.25. The van der Waals surface area contributed by atoms with Gasteiger partial charge in [0.25, 0.3) is 0 Å². The predicted molar refractivity (Wildman–Crippen MR) is 57.4 cm³/mol. The molecular formula is C13H16. The molecule has 2 rings (SSSR count). The van der Waals surface area contributed by atoms with Gasteiger partial charge in [-0.15, -0.1) is 0 Å². The van der Waals surface area contributed by atoms with E-state index in [0.29, 0.717) is 11.8 Å². The molecule has 68 valence electrons.